The molecule has 2 saturated carbocycles. The number of aliphatic hydroxyl groups is 1. The third-order valence-corrected chi connectivity index (χ3v) is 4.63. The average Bonchev–Trinajstić information content (AvgIpc) is 2.73. The fourth-order valence-corrected chi connectivity index (χ4v) is 3.47. The van der Waals surface area contributed by atoms with Crippen molar-refractivity contribution in [3.05, 3.63) is 0 Å². The molecule has 3 fully saturated rings. The lowest BCUT2D eigenvalue weighted by atomic mass is 9.78. The first-order chi connectivity index (χ1) is 6.76. The van der Waals surface area contributed by atoms with Crippen LogP contribution >= 0.6 is 0 Å². The Morgan fingerprint density at radius 1 is 1.00 bits per heavy atom. The summed E-state index contributed by atoms with van der Waals surface area (Å²) in [6.07, 6.45) is 8.36. The standard InChI is InChI=1S/C12H21NO/c14-10-12(5-6-12)9-13-7-11(8-13)3-1-2-4-11/h14H,1-10H2. The largest absolute Gasteiger partial charge is 0.396 e. The number of likely N-dealkylation sites (tertiary alicyclic amines) is 1. The summed E-state index contributed by atoms with van der Waals surface area (Å²) >= 11 is 0. The number of nitrogens with zero attached hydrogens (tertiary/aromatic N) is 1. The SMILES string of the molecule is OCC1(CN2CC3(CCCC3)C2)CC1. The summed E-state index contributed by atoms with van der Waals surface area (Å²) in [7, 11) is 0. The van der Waals surface area contributed by atoms with E-state index in [1.165, 1.54) is 58.2 Å². The third kappa shape index (κ3) is 1.40. The molecular formula is C12H21NO. The molecule has 14 heavy (non-hydrogen) atoms. The maximum absolute atomic E-state index is 9.26. The van der Waals surface area contributed by atoms with Gasteiger partial charge in [-0.15, -0.1) is 0 Å². The van der Waals surface area contributed by atoms with Gasteiger partial charge in [-0.1, -0.05) is 12.8 Å². The molecule has 1 aliphatic heterocycles. The van der Waals surface area contributed by atoms with Gasteiger partial charge < -0.3 is 10.0 Å². The van der Waals surface area contributed by atoms with Crippen LogP contribution in [0.3, 0.4) is 0 Å². The number of aliphatic hydroxyl groups excluding tert-OH is 1. The fraction of sp³-hybridized carbons (Fsp3) is 1.00. The smallest absolute Gasteiger partial charge is 0.0499 e. The molecule has 0 atom stereocenters. The Labute approximate surface area is 86.3 Å². The van der Waals surface area contributed by atoms with E-state index in [2.05, 4.69) is 4.90 Å². The first kappa shape index (κ1) is 9.17. The minimum atomic E-state index is 0.334. The average molecular weight is 195 g/mol. The molecule has 3 aliphatic rings. The van der Waals surface area contributed by atoms with Gasteiger partial charge in [0.25, 0.3) is 0 Å². The van der Waals surface area contributed by atoms with Crippen LogP contribution in [0.2, 0.25) is 0 Å². The van der Waals surface area contributed by atoms with Crippen LogP contribution in [0, 0.1) is 10.8 Å². The van der Waals surface area contributed by atoms with Crippen molar-refractivity contribution >= 4 is 0 Å². The summed E-state index contributed by atoms with van der Waals surface area (Å²) < 4.78 is 0. The Morgan fingerprint density at radius 3 is 2.14 bits per heavy atom. The van der Waals surface area contributed by atoms with E-state index in [4.69, 9.17) is 0 Å². The molecule has 0 amide bonds. The third-order valence-electron chi connectivity index (χ3n) is 4.63. The molecule has 1 heterocycles. The second-order valence-corrected chi connectivity index (χ2v) is 6.01. The molecule has 1 spiro atoms. The van der Waals surface area contributed by atoms with E-state index in [1.807, 2.05) is 0 Å². The Morgan fingerprint density at radius 2 is 1.64 bits per heavy atom. The highest BCUT2D eigenvalue weighted by molar-refractivity contribution is 5.03. The van der Waals surface area contributed by atoms with Crippen LogP contribution in [0.5, 0.6) is 0 Å². The monoisotopic (exact) mass is 195 g/mol. The molecule has 2 nitrogen and oxygen atoms in total. The molecular weight excluding hydrogens is 174 g/mol. The Hall–Kier alpha value is -0.0800. The van der Waals surface area contributed by atoms with Gasteiger partial charge in [-0.2, -0.15) is 0 Å². The molecule has 2 aliphatic carbocycles. The predicted octanol–water partition coefficient (Wildman–Crippen LogP) is 1.63. The Bertz CT molecular complexity index is 220. The van der Waals surface area contributed by atoms with E-state index in [1.54, 1.807) is 0 Å². The van der Waals surface area contributed by atoms with Crippen molar-refractivity contribution < 1.29 is 5.11 Å². The lowest BCUT2D eigenvalue weighted by Gasteiger charge is -2.49. The summed E-state index contributed by atoms with van der Waals surface area (Å²) in [5.74, 6) is 0. The first-order valence-corrected chi connectivity index (χ1v) is 6.09. The topological polar surface area (TPSA) is 23.5 Å². The molecule has 0 unspecified atom stereocenters. The van der Waals surface area contributed by atoms with Gasteiger partial charge in [0.05, 0.1) is 0 Å². The minimum absolute atomic E-state index is 0.334. The van der Waals surface area contributed by atoms with Crippen molar-refractivity contribution in [3.8, 4) is 0 Å². The van der Waals surface area contributed by atoms with Gasteiger partial charge in [0.2, 0.25) is 0 Å². The summed E-state index contributed by atoms with van der Waals surface area (Å²) in [5.41, 5.74) is 1.06. The molecule has 3 rings (SSSR count). The van der Waals surface area contributed by atoms with Crippen LogP contribution in [-0.4, -0.2) is 36.2 Å². The van der Waals surface area contributed by atoms with Gasteiger partial charge in [0.1, 0.15) is 0 Å². The number of hydrogen-bond acceptors (Lipinski definition) is 2. The molecule has 1 N–H and O–H groups in total. The van der Waals surface area contributed by atoms with Gasteiger partial charge in [0.15, 0.2) is 0 Å². The molecule has 0 aromatic carbocycles. The first-order valence-electron chi connectivity index (χ1n) is 6.09. The summed E-state index contributed by atoms with van der Waals surface area (Å²) in [6.45, 7) is 4.24. The van der Waals surface area contributed by atoms with Crippen molar-refractivity contribution in [2.24, 2.45) is 10.8 Å². The number of hydrogen-bond donors (Lipinski definition) is 1. The van der Waals surface area contributed by atoms with Gasteiger partial charge in [-0.3, -0.25) is 0 Å². The van der Waals surface area contributed by atoms with Gasteiger partial charge in [-0.05, 0) is 31.1 Å². The van der Waals surface area contributed by atoms with Crippen molar-refractivity contribution in [3.63, 3.8) is 0 Å². The Balaban J connectivity index is 1.50. The highest BCUT2D eigenvalue weighted by Gasteiger charge is 2.50. The summed E-state index contributed by atoms with van der Waals surface area (Å²) in [6, 6.07) is 0. The summed E-state index contributed by atoms with van der Waals surface area (Å²) in [5, 5.41) is 9.26. The van der Waals surface area contributed by atoms with E-state index < -0.39 is 0 Å². The van der Waals surface area contributed by atoms with Crippen LogP contribution in [0.4, 0.5) is 0 Å². The summed E-state index contributed by atoms with van der Waals surface area (Å²) in [4.78, 5) is 2.58. The molecule has 1 saturated heterocycles. The van der Waals surface area contributed by atoms with Crippen molar-refractivity contribution in [1.82, 2.24) is 4.90 Å². The Kier molecular flexibility index (Phi) is 1.94. The molecule has 80 valence electrons. The maximum atomic E-state index is 9.26. The highest BCUT2D eigenvalue weighted by atomic mass is 16.3. The van der Waals surface area contributed by atoms with Crippen LogP contribution in [0.1, 0.15) is 38.5 Å². The van der Waals surface area contributed by atoms with E-state index in [0.717, 1.165) is 5.41 Å². The second kappa shape index (κ2) is 2.96. The lowest BCUT2D eigenvalue weighted by molar-refractivity contribution is -0.0154. The maximum Gasteiger partial charge on any atom is 0.0499 e. The van der Waals surface area contributed by atoms with E-state index in [9.17, 15) is 5.11 Å². The van der Waals surface area contributed by atoms with Crippen LogP contribution in [-0.2, 0) is 0 Å². The van der Waals surface area contributed by atoms with Crippen LogP contribution in [0.15, 0.2) is 0 Å². The van der Waals surface area contributed by atoms with Gasteiger partial charge in [-0.25, -0.2) is 0 Å². The van der Waals surface area contributed by atoms with E-state index in [-0.39, 0.29) is 0 Å². The predicted molar refractivity (Wildman–Crippen MR) is 56.1 cm³/mol. The lowest BCUT2D eigenvalue weighted by Crippen LogP contribution is -2.56. The minimum Gasteiger partial charge on any atom is -0.396 e. The van der Waals surface area contributed by atoms with Crippen LogP contribution in [0.25, 0.3) is 0 Å². The second-order valence-electron chi connectivity index (χ2n) is 6.01. The zero-order chi connectivity index (χ0) is 9.65. The van der Waals surface area contributed by atoms with E-state index in [0.29, 0.717) is 12.0 Å². The molecule has 0 aromatic heterocycles. The zero-order valence-corrected chi connectivity index (χ0v) is 8.97. The molecule has 0 bridgehead atoms. The van der Waals surface area contributed by atoms with Crippen molar-refractivity contribution in [1.29, 1.82) is 0 Å². The fourth-order valence-electron chi connectivity index (χ4n) is 3.47. The van der Waals surface area contributed by atoms with E-state index >= 15 is 0 Å². The zero-order valence-electron chi connectivity index (χ0n) is 8.97. The van der Waals surface area contributed by atoms with Gasteiger partial charge in [0, 0.05) is 31.7 Å². The molecule has 0 aromatic rings. The normalized spacial score (nSPS) is 33.2. The number of rotatable bonds is 3. The highest BCUT2D eigenvalue weighted by Crippen LogP contribution is 2.50. The molecule has 0 radical (unpaired) electrons. The van der Waals surface area contributed by atoms with Crippen LogP contribution < -0.4 is 0 Å². The van der Waals surface area contributed by atoms with Crippen molar-refractivity contribution in [2.45, 2.75) is 38.5 Å². The molecule has 2 heteroatoms. The van der Waals surface area contributed by atoms with Crippen molar-refractivity contribution in [2.75, 3.05) is 26.2 Å². The van der Waals surface area contributed by atoms with Gasteiger partial charge >= 0.3 is 0 Å². The quantitative estimate of drug-likeness (QED) is 0.740.